The van der Waals surface area contributed by atoms with Crippen molar-refractivity contribution in [3.05, 3.63) is 16.3 Å². The summed E-state index contributed by atoms with van der Waals surface area (Å²) in [4.78, 5) is 23.5. The Kier molecular flexibility index (Phi) is 4.89. The summed E-state index contributed by atoms with van der Waals surface area (Å²) in [6, 6.07) is 0.218. The number of aromatic nitrogens is 2. The highest BCUT2D eigenvalue weighted by Crippen LogP contribution is 2.29. The lowest BCUT2D eigenvalue weighted by molar-refractivity contribution is -0.384. The van der Waals surface area contributed by atoms with Crippen LogP contribution >= 0.6 is 0 Å². The molecule has 2 rings (SSSR count). The first-order valence-corrected chi connectivity index (χ1v) is 7.21. The third-order valence-corrected chi connectivity index (χ3v) is 3.82. The molecular formula is C13H22N6O2. The molecule has 116 valence electrons. The number of hydrogen-bond donors (Lipinski definition) is 1. The number of nitro groups is 1. The maximum Gasteiger partial charge on any atom is 0.329 e. The van der Waals surface area contributed by atoms with E-state index in [1.807, 2.05) is 0 Å². The van der Waals surface area contributed by atoms with Crippen molar-refractivity contribution in [1.29, 1.82) is 0 Å². The van der Waals surface area contributed by atoms with Gasteiger partial charge in [-0.05, 0) is 26.4 Å². The zero-order valence-corrected chi connectivity index (χ0v) is 12.7. The van der Waals surface area contributed by atoms with E-state index in [1.54, 1.807) is 7.05 Å². The summed E-state index contributed by atoms with van der Waals surface area (Å²) in [5, 5.41) is 14.1. The molecule has 0 radical (unpaired) electrons. The second kappa shape index (κ2) is 6.66. The summed E-state index contributed by atoms with van der Waals surface area (Å²) in [6.07, 6.45) is 3.17. The molecule has 1 N–H and O–H groups in total. The van der Waals surface area contributed by atoms with Gasteiger partial charge in [-0.1, -0.05) is 6.92 Å². The lowest BCUT2D eigenvalue weighted by Gasteiger charge is -2.30. The molecule has 0 aliphatic carbocycles. The van der Waals surface area contributed by atoms with Crippen molar-refractivity contribution in [2.24, 2.45) is 0 Å². The molecule has 2 heterocycles. The van der Waals surface area contributed by atoms with Crippen LogP contribution in [0.1, 0.15) is 19.8 Å². The summed E-state index contributed by atoms with van der Waals surface area (Å²) in [7, 11) is 3.79. The molecule has 1 aliphatic rings. The number of nitrogens with one attached hydrogen (secondary N) is 1. The van der Waals surface area contributed by atoms with Gasteiger partial charge in [0.05, 0.1) is 4.92 Å². The molecule has 1 aromatic rings. The molecule has 0 bridgehead atoms. The van der Waals surface area contributed by atoms with Gasteiger partial charge in [0.15, 0.2) is 0 Å². The van der Waals surface area contributed by atoms with Crippen LogP contribution in [0.4, 0.5) is 17.5 Å². The summed E-state index contributed by atoms with van der Waals surface area (Å²) in [5.41, 5.74) is -0.0306. The molecule has 1 unspecified atom stereocenters. The van der Waals surface area contributed by atoms with E-state index in [-0.39, 0.29) is 11.7 Å². The van der Waals surface area contributed by atoms with Crippen LogP contribution in [0.3, 0.4) is 0 Å². The fraction of sp³-hybridized carbons (Fsp3) is 0.692. The van der Waals surface area contributed by atoms with E-state index in [0.717, 1.165) is 32.5 Å². The lowest BCUT2D eigenvalue weighted by Crippen LogP contribution is -2.40. The minimum absolute atomic E-state index is 0.0306. The Morgan fingerprint density at radius 3 is 2.90 bits per heavy atom. The molecule has 0 saturated carbocycles. The molecule has 0 amide bonds. The van der Waals surface area contributed by atoms with Gasteiger partial charge in [0, 0.05) is 26.2 Å². The highest BCUT2D eigenvalue weighted by molar-refractivity contribution is 5.59. The van der Waals surface area contributed by atoms with Crippen LogP contribution < -0.4 is 10.2 Å². The molecule has 1 aromatic heterocycles. The third kappa shape index (κ3) is 3.38. The normalized spacial score (nSPS) is 20.1. The average Bonchev–Trinajstić information content (AvgIpc) is 2.67. The van der Waals surface area contributed by atoms with Crippen LogP contribution in [0, 0.1) is 10.1 Å². The fourth-order valence-corrected chi connectivity index (χ4v) is 2.70. The lowest BCUT2D eigenvalue weighted by atomic mass is 10.2. The second-order valence-electron chi connectivity index (χ2n) is 5.28. The van der Waals surface area contributed by atoms with Crippen molar-refractivity contribution in [3.63, 3.8) is 0 Å². The average molecular weight is 294 g/mol. The Labute approximate surface area is 124 Å². The van der Waals surface area contributed by atoms with E-state index in [9.17, 15) is 10.1 Å². The maximum atomic E-state index is 11.3. The van der Waals surface area contributed by atoms with E-state index >= 15 is 0 Å². The van der Waals surface area contributed by atoms with Crippen molar-refractivity contribution >= 4 is 17.5 Å². The van der Waals surface area contributed by atoms with Gasteiger partial charge in [0.2, 0.25) is 11.8 Å². The number of anilines is 2. The Balaban J connectivity index is 2.43. The number of likely N-dealkylation sites (N-methyl/N-ethyl adjacent to an activating group) is 1. The van der Waals surface area contributed by atoms with Gasteiger partial charge in [0.1, 0.15) is 6.20 Å². The third-order valence-electron chi connectivity index (χ3n) is 3.82. The summed E-state index contributed by atoms with van der Waals surface area (Å²) in [5.74, 6) is 0.824. The standard InChI is InChI=1S/C13H22N6O2/c1-4-10-9-17(3)6-5-7-18(10)12-11(19(20)21)8-15-13(14-2)16-12/h8,10H,4-7,9H2,1-3H3,(H,14,15,16). The maximum absolute atomic E-state index is 11.3. The Morgan fingerprint density at radius 2 is 2.29 bits per heavy atom. The molecule has 1 fully saturated rings. The molecule has 1 atom stereocenters. The Morgan fingerprint density at radius 1 is 1.52 bits per heavy atom. The van der Waals surface area contributed by atoms with Crippen molar-refractivity contribution in [1.82, 2.24) is 14.9 Å². The minimum Gasteiger partial charge on any atom is -0.357 e. The first-order valence-electron chi connectivity index (χ1n) is 7.21. The van der Waals surface area contributed by atoms with Gasteiger partial charge in [-0.3, -0.25) is 10.1 Å². The molecular weight excluding hydrogens is 272 g/mol. The van der Waals surface area contributed by atoms with E-state index in [1.165, 1.54) is 6.20 Å². The van der Waals surface area contributed by atoms with E-state index in [4.69, 9.17) is 0 Å². The molecule has 0 spiro atoms. The summed E-state index contributed by atoms with van der Waals surface area (Å²) < 4.78 is 0. The van der Waals surface area contributed by atoms with Gasteiger partial charge in [-0.25, -0.2) is 4.98 Å². The number of rotatable bonds is 4. The monoisotopic (exact) mass is 294 g/mol. The highest BCUT2D eigenvalue weighted by Gasteiger charge is 2.29. The smallest absolute Gasteiger partial charge is 0.329 e. The predicted molar refractivity (Wildman–Crippen MR) is 81.8 cm³/mol. The van der Waals surface area contributed by atoms with Crippen LogP contribution in [0.5, 0.6) is 0 Å². The van der Waals surface area contributed by atoms with Gasteiger partial charge >= 0.3 is 5.69 Å². The van der Waals surface area contributed by atoms with Crippen LogP contribution in [-0.4, -0.2) is 59.6 Å². The second-order valence-corrected chi connectivity index (χ2v) is 5.28. The van der Waals surface area contributed by atoms with Crippen LogP contribution in [0.2, 0.25) is 0 Å². The van der Waals surface area contributed by atoms with Gasteiger partial charge in [-0.15, -0.1) is 0 Å². The predicted octanol–water partition coefficient (Wildman–Crippen LogP) is 1.35. The summed E-state index contributed by atoms with van der Waals surface area (Å²) in [6.45, 7) is 4.74. The topological polar surface area (TPSA) is 87.4 Å². The Hall–Kier alpha value is -1.96. The van der Waals surface area contributed by atoms with E-state index in [2.05, 4.69) is 39.1 Å². The SMILES string of the molecule is CCC1CN(C)CCCN1c1nc(NC)ncc1[N+](=O)[O-]. The first-order chi connectivity index (χ1) is 10.1. The minimum atomic E-state index is -0.407. The quantitative estimate of drug-likeness (QED) is 0.662. The summed E-state index contributed by atoms with van der Waals surface area (Å²) >= 11 is 0. The van der Waals surface area contributed by atoms with Crippen LogP contribution in [0.25, 0.3) is 0 Å². The highest BCUT2D eigenvalue weighted by atomic mass is 16.6. The van der Waals surface area contributed by atoms with Crippen molar-refractivity contribution in [2.75, 3.05) is 43.9 Å². The van der Waals surface area contributed by atoms with Gasteiger partial charge < -0.3 is 15.1 Å². The fourth-order valence-electron chi connectivity index (χ4n) is 2.70. The van der Waals surface area contributed by atoms with Crippen LogP contribution in [0.15, 0.2) is 6.20 Å². The van der Waals surface area contributed by atoms with Crippen molar-refractivity contribution in [3.8, 4) is 0 Å². The number of nitrogens with zero attached hydrogens (tertiary/aromatic N) is 5. The van der Waals surface area contributed by atoms with Gasteiger partial charge in [-0.2, -0.15) is 4.98 Å². The van der Waals surface area contributed by atoms with E-state index in [0.29, 0.717) is 11.8 Å². The van der Waals surface area contributed by atoms with Crippen molar-refractivity contribution in [2.45, 2.75) is 25.8 Å². The molecule has 8 nitrogen and oxygen atoms in total. The Bertz CT molecular complexity index is 509. The van der Waals surface area contributed by atoms with E-state index < -0.39 is 4.92 Å². The van der Waals surface area contributed by atoms with Crippen molar-refractivity contribution < 1.29 is 4.92 Å². The molecule has 0 aromatic carbocycles. The zero-order chi connectivity index (χ0) is 15.4. The number of hydrogen-bond acceptors (Lipinski definition) is 7. The largest absolute Gasteiger partial charge is 0.357 e. The molecule has 1 saturated heterocycles. The van der Waals surface area contributed by atoms with Gasteiger partial charge in [0.25, 0.3) is 0 Å². The van der Waals surface area contributed by atoms with Crippen LogP contribution in [-0.2, 0) is 0 Å². The first kappa shape index (κ1) is 15.4. The molecule has 21 heavy (non-hydrogen) atoms. The molecule has 1 aliphatic heterocycles. The molecule has 8 heteroatoms. The zero-order valence-electron chi connectivity index (χ0n) is 12.7.